The molecule has 2 heterocycles. The van der Waals surface area contributed by atoms with E-state index in [1.165, 1.54) is 0 Å². The van der Waals surface area contributed by atoms with Crippen LogP contribution in [0.3, 0.4) is 0 Å². The first-order valence-electron chi connectivity index (χ1n) is 9.05. The summed E-state index contributed by atoms with van der Waals surface area (Å²) >= 11 is 0. The third-order valence-electron chi connectivity index (χ3n) is 5.58. The molecule has 1 atom stereocenters. The Kier molecular flexibility index (Phi) is 2.83. The van der Waals surface area contributed by atoms with E-state index in [2.05, 4.69) is 54.6 Å². The van der Waals surface area contributed by atoms with Gasteiger partial charge < -0.3 is 9.15 Å². The molecule has 1 aliphatic heterocycles. The fourth-order valence-corrected chi connectivity index (χ4v) is 4.28. The minimum atomic E-state index is -0.402. The van der Waals surface area contributed by atoms with Gasteiger partial charge in [0.15, 0.2) is 6.10 Å². The Morgan fingerprint density at radius 1 is 0.786 bits per heavy atom. The van der Waals surface area contributed by atoms with Crippen molar-refractivity contribution in [3.63, 3.8) is 0 Å². The number of nitriles is 2. The summed E-state index contributed by atoms with van der Waals surface area (Å²) in [5.74, 6) is 1.12. The van der Waals surface area contributed by atoms with Crippen LogP contribution in [0.15, 0.2) is 59.0 Å². The Morgan fingerprint density at radius 3 is 2.29 bits per heavy atom. The van der Waals surface area contributed by atoms with Gasteiger partial charge in [-0.15, -0.1) is 0 Å². The number of hydrogen-bond donors (Lipinski definition) is 0. The lowest BCUT2D eigenvalue weighted by atomic mass is 9.95. The second-order valence-electron chi connectivity index (χ2n) is 7.18. The summed E-state index contributed by atoms with van der Waals surface area (Å²) in [6.45, 7) is 0. The molecule has 6 rings (SSSR count). The molecule has 0 amide bonds. The van der Waals surface area contributed by atoms with Gasteiger partial charge in [0.2, 0.25) is 5.76 Å². The summed E-state index contributed by atoms with van der Waals surface area (Å²) in [6.07, 6.45) is 0.232. The molecule has 5 aromatic rings. The Bertz CT molecular complexity index is 1550. The molecular formula is C24H12N2O2. The van der Waals surface area contributed by atoms with E-state index in [1.54, 1.807) is 6.07 Å². The Hall–Kier alpha value is -4.02. The largest absolute Gasteiger partial charge is 0.475 e. The van der Waals surface area contributed by atoms with Crippen molar-refractivity contribution in [1.29, 1.82) is 10.5 Å². The van der Waals surface area contributed by atoms with Gasteiger partial charge in [-0.25, -0.2) is 0 Å². The van der Waals surface area contributed by atoms with Crippen molar-refractivity contribution in [2.45, 2.75) is 12.5 Å². The van der Waals surface area contributed by atoms with Gasteiger partial charge in [-0.2, -0.15) is 10.5 Å². The molecule has 1 aliphatic rings. The van der Waals surface area contributed by atoms with E-state index in [0.29, 0.717) is 17.8 Å². The van der Waals surface area contributed by atoms with Crippen molar-refractivity contribution < 1.29 is 9.15 Å². The van der Waals surface area contributed by atoms with E-state index in [1.807, 2.05) is 6.07 Å². The fourth-order valence-electron chi connectivity index (χ4n) is 4.28. The molecule has 130 valence electrons. The van der Waals surface area contributed by atoms with Crippen molar-refractivity contribution in [1.82, 2.24) is 0 Å². The number of nitrogens with zero attached hydrogens (tertiary/aromatic N) is 2. The summed E-state index contributed by atoms with van der Waals surface area (Å²) in [7, 11) is 0. The predicted octanol–water partition coefficient (Wildman–Crippen LogP) is 5.59. The highest BCUT2D eigenvalue weighted by Gasteiger charge is 2.23. The lowest BCUT2D eigenvalue weighted by Crippen LogP contribution is -2.08. The van der Waals surface area contributed by atoms with Crippen LogP contribution in [-0.4, -0.2) is 6.10 Å². The van der Waals surface area contributed by atoms with E-state index in [-0.39, 0.29) is 0 Å². The van der Waals surface area contributed by atoms with Crippen LogP contribution in [0, 0.1) is 22.7 Å². The first kappa shape index (κ1) is 15.1. The molecule has 0 aliphatic carbocycles. The highest BCUT2D eigenvalue weighted by molar-refractivity contribution is 6.19. The first-order valence-corrected chi connectivity index (χ1v) is 9.05. The minimum absolute atomic E-state index is 0.319. The molecular weight excluding hydrogens is 348 g/mol. The van der Waals surface area contributed by atoms with E-state index < -0.39 is 6.10 Å². The smallest absolute Gasteiger partial charge is 0.204 e. The fraction of sp³-hybridized carbons (Fsp3) is 0.0833. The van der Waals surface area contributed by atoms with Crippen LogP contribution in [-0.2, 0) is 6.42 Å². The van der Waals surface area contributed by atoms with E-state index >= 15 is 0 Å². The summed E-state index contributed by atoms with van der Waals surface area (Å²) in [6, 6.07) is 22.7. The standard InChI is InChI=1S/C24H12N2O2/c25-11-17-7-15-5-13-1-3-19-20(21(13)9-23(15)27-17)4-2-14-6-16-8-18(12-26)28-24(16)10-22(14)19/h1-7,9-10,18H,8H2. The third kappa shape index (κ3) is 1.98. The van der Waals surface area contributed by atoms with E-state index in [9.17, 15) is 0 Å². The van der Waals surface area contributed by atoms with Gasteiger partial charge in [0, 0.05) is 17.9 Å². The van der Waals surface area contributed by atoms with Crippen molar-refractivity contribution in [3.05, 3.63) is 65.9 Å². The predicted molar refractivity (Wildman–Crippen MR) is 107 cm³/mol. The molecule has 0 fully saturated rings. The molecule has 0 spiro atoms. The summed E-state index contributed by atoms with van der Waals surface area (Å²) < 4.78 is 11.4. The molecule has 0 bridgehead atoms. The summed E-state index contributed by atoms with van der Waals surface area (Å²) in [5.41, 5.74) is 1.80. The van der Waals surface area contributed by atoms with E-state index in [4.69, 9.17) is 19.7 Å². The van der Waals surface area contributed by atoms with Crippen LogP contribution in [0.1, 0.15) is 11.3 Å². The lowest BCUT2D eigenvalue weighted by molar-refractivity contribution is 0.290. The number of furan rings is 1. The van der Waals surface area contributed by atoms with Gasteiger partial charge in [-0.05, 0) is 62.1 Å². The lowest BCUT2D eigenvalue weighted by Gasteiger charge is -2.09. The SMILES string of the molecule is N#Cc1cc2cc3ccc4c5cc6c(cc5ccc4c3cc2o1)CC(C#N)O6. The number of benzene rings is 4. The second kappa shape index (κ2) is 5.25. The maximum Gasteiger partial charge on any atom is 0.204 e. The molecule has 1 unspecified atom stereocenters. The zero-order chi connectivity index (χ0) is 18.8. The Morgan fingerprint density at radius 2 is 1.54 bits per heavy atom. The average Bonchev–Trinajstić information content (AvgIpc) is 3.32. The van der Waals surface area contributed by atoms with Crippen LogP contribution in [0.25, 0.3) is 43.3 Å². The van der Waals surface area contributed by atoms with Gasteiger partial charge in [0.25, 0.3) is 0 Å². The van der Waals surface area contributed by atoms with Crippen LogP contribution >= 0.6 is 0 Å². The Labute approximate surface area is 159 Å². The molecule has 0 saturated carbocycles. The van der Waals surface area contributed by atoms with Crippen LogP contribution in [0.5, 0.6) is 5.75 Å². The molecule has 0 radical (unpaired) electrons. The third-order valence-corrected chi connectivity index (χ3v) is 5.58. The second-order valence-corrected chi connectivity index (χ2v) is 7.18. The van der Waals surface area contributed by atoms with Crippen LogP contribution < -0.4 is 4.74 Å². The maximum atomic E-state index is 9.17. The van der Waals surface area contributed by atoms with Gasteiger partial charge in [0.1, 0.15) is 23.5 Å². The molecule has 0 saturated heterocycles. The minimum Gasteiger partial charge on any atom is -0.475 e. The molecule has 0 N–H and O–H groups in total. The number of ether oxygens (including phenoxy) is 1. The normalized spacial score (nSPS) is 15.6. The zero-order valence-corrected chi connectivity index (χ0v) is 14.7. The maximum absolute atomic E-state index is 9.17. The zero-order valence-electron chi connectivity index (χ0n) is 14.7. The molecule has 1 aromatic heterocycles. The van der Waals surface area contributed by atoms with E-state index in [0.717, 1.165) is 49.0 Å². The Balaban J connectivity index is 1.67. The topological polar surface area (TPSA) is 70.0 Å². The quantitative estimate of drug-likeness (QED) is 0.337. The molecule has 4 nitrogen and oxygen atoms in total. The number of hydrogen-bond acceptors (Lipinski definition) is 4. The average molecular weight is 360 g/mol. The van der Waals surface area contributed by atoms with Crippen LogP contribution in [0.2, 0.25) is 0 Å². The molecule has 4 aromatic carbocycles. The number of fused-ring (bicyclic) bond motifs is 7. The van der Waals surface area contributed by atoms with Gasteiger partial charge >= 0.3 is 0 Å². The van der Waals surface area contributed by atoms with Crippen molar-refractivity contribution in [3.8, 4) is 17.9 Å². The summed E-state index contributed by atoms with van der Waals surface area (Å²) in [5, 5.41) is 25.9. The monoisotopic (exact) mass is 360 g/mol. The number of rotatable bonds is 0. The summed E-state index contributed by atoms with van der Waals surface area (Å²) in [4.78, 5) is 0. The van der Waals surface area contributed by atoms with Crippen LogP contribution in [0.4, 0.5) is 0 Å². The van der Waals surface area contributed by atoms with Gasteiger partial charge in [0.05, 0.1) is 0 Å². The van der Waals surface area contributed by atoms with Crippen molar-refractivity contribution in [2.24, 2.45) is 0 Å². The molecule has 28 heavy (non-hydrogen) atoms. The first-order chi connectivity index (χ1) is 13.7. The van der Waals surface area contributed by atoms with Gasteiger partial charge in [-0.1, -0.05) is 24.3 Å². The van der Waals surface area contributed by atoms with Crippen molar-refractivity contribution >= 4 is 43.3 Å². The van der Waals surface area contributed by atoms with Crippen molar-refractivity contribution in [2.75, 3.05) is 0 Å². The molecule has 4 heteroatoms. The highest BCUT2D eigenvalue weighted by Crippen LogP contribution is 2.38. The highest BCUT2D eigenvalue weighted by atomic mass is 16.5. The van der Waals surface area contributed by atoms with Gasteiger partial charge in [-0.3, -0.25) is 0 Å².